The Balaban J connectivity index is 1.70. The van der Waals surface area contributed by atoms with Gasteiger partial charge >= 0.3 is 0 Å². The highest BCUT2D eigenvalue weighted by molar-refractivity contribution is 7.99. The van der Waals surface area contributed by atoms with Crippen LogP contribution in [0.1, 0.15) is 5.56 Å². The minimum Gasteiger partial charge on any atom is -0.486 e. The molecule has 0 saturated heterocycles. The molecule has 6 heteroatoms. The predicted octanol–water partition coefficient (Wildman–Crippen LogP) is 3.85. The van der Waals surface area contributed by atoms with Crippen LogP contribution in [0.5, 0.6) is 5.75 Å². The molecule has 0 radical (unpaired) electrons. The molecule has 0 saturated carbocycles. The van der Waals surface area contributed by atoms with Crippen molar-refractivity contribution in [1.82, 2.24) is 5.32 Å². The Morgan fingerprint density at radius 1 is 1.50 bits per heavy atom. The Morgan fingerprint density at radius 2 is 2.36 bits per heavy atom. The van der Waals surface area contributed by atoms with Crippen LogP contribution in [0.2, 0.25) is 5.02 Å². The maximum absolute atomic E-state index is 11.5. The smallest absolute Gasteiger partial charge is 0.230 e. The zero-order valence-corrected chi connectivity index (χ0v) is 14.5. The first-order chi connectivity index (χ1) is 10.7. The Kier molecular flexibility index (Phi) is 4.96. The highest BCUT2D eigenvalue weighted by atomic mass is 35.5. The monoisotopic (exact) mass is 353 g/mol. The number of benzene rings is 1. The molecule has 2 heterocycles. The summed E-state index contributed by atoms with van der Waals surface area (Å²) in [5.41, 5.74) is 3.39. The molecular weight excluding hydrogens is 338 g/mol. The van der Waals surface area contributed by atoms with Crippen molar-refractivity contribution < 1.29 is 9.53 Å². The molecular formula is C16H16ClNO2S2. The lowest BCUT2D eigenvalue weighted by Crippen LogP contribution is -2.35. The molecule has 3 rings (SSSR count). The zero-order chi connectivity index (χ0) is 15.5. The lowest BCUT2D eigenvalue weighted by Gasteiger charge is -2.12. The Labute approximate surface area is 143 Å². The van der Waals surface area contributed by atoms with E-state index in [1.807, 2.05) is 12.3 Å². The third kappa shape index (κ3) is 3.42. The molecule has 1 aromatic heterocycles. The number of hydrogen-bond donors (Lipinski definition) is 1. The van der Waals surface area contributed by atoms with Crippen molar-refractivity contribution in [3.05, 3.63) is 39.5 Å². The van der Waals surface area contributed by atoms with E-state index in [9.17, 15) is 4.79 Å². The van der Waals surface area contributed by atoms with E-state index in [-0.39, 0.29) is 12.0 Å². The maximum atomic E-state index is 11.5. The normalized spacial score (nSPS) is 16.2. The lowest BCUT2D eigenvalue weighted by molar-refractivity contribution is -0.118. The van der Waals surface area contributed by atoms with Crippen molar-refractivity contribution in [2.75, 3.05) is 18.6 Å². The van der Waals surface area contributed by atoms with Crippen molar-refractivity contribution in [2.45, 2.75) is 12.5 Å². The van der Waals surface area contributed by atoms with Gasteiger partial charge in [0, 0.05) is 12.0 Å². The van der Waals surface area contributed by atoms with Crippen LogP contribution in [0.25, 0.3) is 11.1 Å². The van der Waals surface area contributed by atoms with Gasteiger partial charge in [0.05, 0.1) is 17.3 Å². The molecule has 2 aromatic rings. The van der Waals surface area contributed by atoms with E-state index >= 15 is 0 Å². The predicted molar refractivity (Wildman–Crippen MR) is 94.3 cm³/mol. The molecule has 1 aromatic carbocycles. The standard InChI is InChI=1S/C16H16ClNO2S2/c1-21-9-15(19)18-7-13-5-12-4-11(10-2-3-22-8-10)6-14(17)16(12)20-13/h2-4,6,8,13H,5,7,9H2,1H3,(H,18,19). The van der Waals surface area contributed by atoms with Crippen LogP contribution < -0.4 is 10.1 Å². The summed E-state index contributed by atoms with van der Waals surface area (Å²) in [5.74, 6) is 1.27. The fourth-order valence-electron chi connectivity index (χ4n) is 2.51. The van der Waals surface area contributed by atoms with E-state index in [2.05, 4.69) is 28.2 Å². The molecule has 116 valence electrons. The summed E-state index contributed by atoms with van der Waals surface area (Å²) in [6.45, 7) is 0.512. The second-order valence-corrected chi connectivity index (χ2v) is 7.19. The van der Waals surface area contributed by atoms with Gasteiger partial charge in [-0.1, -0.05) is 11.6 Å². The fraction of sp³-hybridized carbons (Fsp3) is 0.312. The first-order valence-corrected chi connectivity index (χ1v) is 9.66. The SMILES string of the molecule is CSCC(=O)NCC1Cc2cc(-c3ccsc3)cc(Cl)c2O1. The summed E-state index contributed by atoms with van der Waals surface area (Å²) >= 11 is 9.53. The summed E-state index contributed by atoms with van der Waals surface area (Å²) in [6.07, 6.45) is 2.64. The summed E-state index contributed by atoms with van der Waals surface area (Å²) < 4.78 is 5.89. The van der Waals surface area contributed by atoms with Crippen LogP contribution in [-0.2, 0) is 11.2 Å². The van der Waals surface area contributed by atoms with E-state index in [0.717, 1.165) is 23.3 Å². The second-order valence-electron chi connectivity index (χ2n) is 5.14. The van der Waals surface area contributed by atoms with Crippen molar-refractivity contribution in [3.63, 3.8) is 0 Å². The third-order valence-corrected chi connectivity index (χ3v) is 5.02. The maximum Gasteiger partial charge on any atom is 0.230 e. The van der Waals surface area contributed by atoms with E-state index in [4.69, 9.17) is 16.3 Å². The van der Waals surface area contributed by atoms with Gasteiger partial charge in [-0.05, 0) is 46.3 Å². The van der Waals surface area contributed by atoms with E-state index < -0.39 is 0 Å². The number of hydrogen-bond acceptors (Lipinski definition) is 4. The average molecular weight is 354 g/mol. The highest BCUT2D eigenvalue weighted by Crippen LogP contribution is 2.39. The average Bonchev–Trinajstić information content (AvgIpc) is 3.14. The van der Waals surface area contributed by atoms with Crippen LogP contribution in [0, 0.1) is 0 Å². The van der Waals surface area contributed by atoms with Gasteiger partial charge in [0.15, 0.2) is 0 Å². The lowest BCUT2D eigenvalue weighted by atomic mass is 10.0. The van der Waals surface area contributed by atoms with Crippen LogP contribution in [0.15, 0.2) is 29.0 Å². The molecule has 1 unspecified atom stereocenters. The van der Waals surface area contributed by atoms with E-state index in [1.54, 1.807) is 11.3 Å². The van der Waals surface area contributed by atoms with Gasteiger partial charge in [-0.25, -0.2) is 0 Å². The number of carbonyl (C=O) groups is 1. The molecule has 1 N–H and O–H groups in total. The van der Waals surface area contributed by atoms with E-state index in [0.29, 0.717) is 17.3 Å². The topological polar surface area (TPSA) is 38.3 Å². The van der Waals surface area contributed by atoms with E-state index in [1.165, 1.54) is 17.3 Å². The van der Waals surface area contributed by atoms with Gasteiger partial charge in [0.1, 0.15) is 11.9 Å². The molecule has 0 aliphatic carbocycles. The molecule has 0 bridgehead atoms. The summed E-state index contributed by atoms with van der Waals surface area (Å²) in [6, 6.07) is 6.16. The Morgan fingerprint density at radius 3 is 3.09 bits per heavy atom. The molecule has 1 amide bonds. The third-order valence-electron chi connectivity index (χ3n) is 3.51. The van der Waals surface area contributed by atoms with Gasteiger partial charge in [-0.15, -0.1) is 0 Å². The molecule has 1 aliphatic rings. The quantitative estimate of drug-likeness (QED) is 0.887. The van der Waals surface area contributed by atoms with Crippen LogP contribution in [0.4, 0.5) is 0 Å². The van der Waals surface area contributed by atoms with Gasteiger partial charge in [-0.3, -0.25) is 4.79 Å². The minimum absolute atomic E-state index is 0.0390. The number of thiophene rings is 1. The number of amides is 1. The van der Waals surface area contributed by atoms with Gasteiger partial charge in [0.25, 0.3) is 0 Å². The molecule has 3 nitrogen and oxygen atoms in total. The molecule has 1 atom stereocenters. The number of ether oxygens (including phenoxy) is 1. The largest absolute Gasteiger partial charge is 0.486 e. The number of fused-ring (bicyclic) bond motifs is 1. The summed E-state index contributed by atoms with van der Waals surface area (Å²) in [4.78, 5) is 11.5. The zero-order valence-electron chi connectivity index (χ0n) is 12.1. The van der Waals surface area contributed by atoms with Crippen molar-refractivity contribution in [2.24, 2.45) is 0 Å². The van der Waals surface area contributed by atoms with Crippen LogP contribution in [0.3, 0.4) is 0 Å². The van der Waals surface area contributed by atoms with Crippen molar-refractivity contribution >= 4 is 40.6 Å². The Hall–Kier alpha value is -1.17. The number of rotatable bonds is 5. The highest BCUT2D eigenvalue weighted by Gasteiger charge is 2.26. The number of carbonyl (C=O) groups excluding carboxylic acids is 1. The number of nitrogens with one attached hydrogen (secondary N) is 1. The number of halogens is 1. The Bertz CT molecular complexity index is 673. The molecule has 0 fully saturated rings. The summed E-state index contributed by atoms with van der Waals surface area (Å²) in [7, 11) is 0. The molecule has 22 heavy (non-hydrogen) atoms. The van der Waals surface area contributed by atoms with Crippen molar-refractivity contribution in [3.8, 4) is 16.9 Å². The first kappa shape index (κ1) is 15.7. The van der Waals surface area contributed by atoms with Crippen molar-refractivity contribution in [1.29, 1.82) is 0 Å². The second kappa shape index (κ2) is 6.94. The number of thioether (sulfide) groups is 1. The molecule has 1 aliphatic heterocycles. The first-order valence-electron chi connectivity index (χ1n) is 6.94. The molecule has 0 spiro atoms. The van der Waals surface area contributed by atoms with Gasteiger partial charge in [-0.2, -0.15) is 23.1 Å². The van der Waals surface area contributed by atoms with Crippen LogP contribution >= 0.6 is 34.7 Å². The van der Waals surface area contributed by atoms with Gasteiger partial charge < -0.3 is 10.1 Å². The van der Waals surface area contributed by atoms with Crippen LogP contribution in [-0.4, -0.2) is 30.6 Å². The minimum atomic E-state index is -0.0453. The van der Waals surface area contributed by atoms with Gasteiger partial charge in [0.2, 0.25) is 5.91 Å². The fourth-order valence-corrected chi connectivity index (χ4v) is 3.82. The summed E-state index contributed by atoms with van der Waals surface area (Å²) in [5, 5.41) is 7.69.